The standard InChI is InChI=1S/C32H41N5O3.C28H31F2N5O3/c1-23(33-30(39)40-22-24-11-7-5-8-12-24)29(38)34-28-21-27(35-37(28)31(2,3)4)32(25-13-9-6-10-14-25)17-19-36(20-18-32)26-15-16-26;1-17(31-27(38)25(36)18-13-20(29)15-21(30)14-18)26(37)32-24-16-23(33-34-24)28(19-5-3-2-4-6-19)9-11-35(12-10-28)22-7-8-22/h5-14,21,23,26H,15-20,22H2,1-4H3,(H,33,39)(H,34,38);2-6,13-17,22,25,36H,7-12H2,1H3,(H,31,38)(H2,32,33,34,37)/t23-;17-,25-/m00/s1. The van der Waals surface area contributed by atoms with Crippen LogP contribution < -0.4 is 21.3 Å². The Kier molecular flexibility index (Phi) is 16.9. The number of nitrogens with one attached hydrogen (secondary N) is 5. The first-order chi connectivity index (χ1) is 37.4. The van der Waals surface area contributed by atoms with Crippen LogP contribution in [0.5, 0.6) is 0 Å². The van der Waals surface area contributed by atoms with Crippen LogP contribution in [0.2, 0.25) is 0 Å². The highest BCUT2D eigenvalue weighted by Crippen LogP contribution is 2.46. The fourth-order valence-electron chi connectivity index (χ4n) is 10.9. The second kappa shape index (κ2) is 23.8. The predicted octanol–water partition coefficient (Wildman–Crippen LogP) is 8.84. The van der Waals surface area contributed by atoms with E-state index in [2.05, 4.69) is 105 Å². The van der Waals surface area contributed by atoms with Crippen molar-refractivity contribution in [3.8, 4) is 0 Å². The molecule has 0 radical (unpaired) electrons. The SMILES string of the molecule is C[C@H](NC(=O)OCc1ccccc1)C(=O)Nc1cc(C2(c3ccccc3)CCN(C3CC3)CC2)nn1C(C)(C)C.C[C@H](NC(=O)[C@@H](O)c1cc(F)cc(F)c1)C(=O)Nc1cc(C2(c3ccccc3)CCN(C3CC3)CC2)[nH]n1. The number of nitrogens with zero attached hydrogens (tertiary/aromatic N) is 5. The number of benzene rings is 4. The molecular formula is C60H72F2N10O6. The molecule has 2 aliphatic carbocycles. The van der Waals surface area contributed by atoms with Crippen LogP contribution in [0, 0.1) is 11.6 Å². The van der Waals surface area contributed by atoms with E-state index in [1.165, 1.54) is 43.7 Å². The average Bonchev–Trinajstić information content (AvgIpc) is 4.50. The molecule has 16 nitrogen and oxygen atoms in total. The molecule has 2 aliphatic heterocycles. The number of carbonyl (C=O) groups excluding carboxylic acids is 4. The number of halogens is 2. The van der Waals surface area contributed by atoms with Gasteiger partial charge in [0.25, 0.3) is 5.91 Å². The van der Waals surface area contributed by atoms with Crippen LogP contribution in [0.25, 0.3) is 0 Å². The van der Waals surface area contributed by atoms with Crippen LogP contribution in [-0.4, -0.2) is 109 Å². The summed E-state index contributed by atoms with van der Waals surface area (Å²) in [6, 6.07) is 36.2. The summed E-state index contributed by atoms with van der Waals surface area (Å²) in [5.41, 5.74) is 4.13. The number of anilines is 2. The Morgan fingerprint density at radius 1 is 0.679 bits per heavy atom. The van der Waals surface area contributed by atoms with E-state index in [0.717, 1.165) is 87.0 Å². The Balaban J connectivity index is 0.000000190. The van der Waals surface area contributed by atoms with E-state index in [1.54, 1.807) is 6.92 Å². The van der Waals surface area contributed by atoms with Crippen molar-refractivity contribution < 1.29 is 37.8 Å². The highest BCUT2D eigenvalue weighted by atomic mass is 19.1. The molecule has 4 aromatic carbocycles. The Hall–Kier alpha value is -7.28. The van der Waals surface area contributed by atoms with Gasteiger partial charge in [0.15, 0.2) is 11.9 Å². The van der Waals surface area contributed by atoms with Gasteiger partial charge in [-0.05, 0) is 147 Å². The lowest BCUT2D eigenvalue weighted by molar-refractivity contribution is -0.132. The van der Waals surface area contributed by atoms with Crippen LogP contribution in [0.3, 0.4) is 0 Å². The number of amides is 4. The maximum absolute atomic E-state index is 13.5. The fourth-order valence-corrected chi connectivity index (χ4v) is 10.9. The Labute approximate surface area is 454 Å². The van der Waals surface area contributed by atoms with Gasteiger partial charge >= 0.3 is 6.09 Å². The van der Waals surface area contributed by atoms with Crippen LogP contribution in [0.4, 0.5) is 25.2 Å². The van der Waals surface area contributed by atoms with Crippen molar-refractivity contribution in [2.45, 2.75) is 139 Å². The minimum absolute atomic E-state index is 0.140. The lowest BCUT2D eigenvalue weighted by Crippen LogP contribution is -2.44. The van der Waals surface area contributed by atoms with E-state index in [4.69, 9.17) is 9.84 Å². The molecule has 18 heteroatoms. The lowest BCUT2D eigenvalue weighted by Gasteiger charge is -2.42. The van der Waals surface area contributed by atoms with Gasteiger partial charge in [-0.2, -0.15) is 10.2 Å². The number of hydrogen-bond acceptors (Lipinski definition) is 10. The minimum atomic E-state index is -1.83. The second-order valence-electron chi connectivity index (χ2n) is 22.3. The molecule has 4 aliphatic rings. The second-order valence-corrected chi connectivity index (χ2v) is 22.3. The van der Waals surface area contributed by atoms with Gasteiger partial charge in [0.05, 0.1) is 11.2 Å². The number of aromatic amines is 1. The molecule has 6 aromatic rings. The van der Waals surface area contributed by atoms with Crippen molar-refractivity contribution in [3.63, 3.8) is 0 Å². The molecule has 78 heavy (non-hydrogen) atoms. The Morgan fingerprint density at radius 2 is 1.18 bits per heavy atom. The summed E-state index contributed by atoms with van der Waals surface area (Å²) in [6.07, 6.45) is 6.48. The molecule has 2 aromatic heterocycles. The van der Waals surface area contributed by atoms with Crippen molar-refractivity contribution in [1.82, 2.24) is 40.4 Å². The molecule has 4 fully saturated rings. The number of carbonyl (C=O) groups is 4. The first-order valence-corrected chi connectivity index (χ1v) is 27.2. The summed E-state index contributed by atoms with van der Waals surface area (Å²) in [5.74, 6) is -2.72. The van der Waals surface area contributed by atoms with Crippen molar-refractivity contribution in [1.29, 1.82) is 0 Å². The molecule has 0 bridgehead atoms. The van der Waals surface area contributed by atoms with Crippen LogP contribution in [0.15, 0.2) is 121 Å². The molecule has 6 N–H and O–H groups in total. The number of alkyl carbamates (subject to hydrolysis) is 1. The number of aromatic nitrogens is 4. The number of likely N-dealkylation sites (tertiary alicyclic amines) is 2. The molecule has 0 unspecified atom stereocenters. The monoisotopic (exact) mass is 1070 g/mol. The smallest absolute Gasteiger partial charge is 0.408 e. The van der Waals surface area contributed by atoms with Gasteiger partial charge in [-0.25, -0.2) is 18.3 Å². The van der Waals surface area contributed by atoms with E-state index in [0.29, 0.717) is 23.7 Å². The normalized spacial score (nSPS) is 18.5. The van der Waals surface area contributed by atoms with E-state index >= 15 is 0 Å². The summed E-state index contributed by atoms with van der Waals surface area (Å²) in [4.78, 5) is 56.0. The van der Waals surface area contributed by atoms with Crippen molar-refractivity contribution >= 4 is 35.5 Å². The molecule has 4 amide bonds. The van der Waals surface area contributed by atoms with E-state index in [9.17, 15) is 33.1 Å². The highest BCUT2D eigenvalue weighted by molar-refractivity contribution is 5.97. The first kappa shape index (κ1) is 55.5. The summed E-state index contributed by atoms with van der Waals surface area (Å²) in [7, 11) is 0. The van der Waals surface area contributed by atoms with Gasteiger partial charge in [0.1, 0.15) is 36.1 Å². The van der Waals surface area contributed by atoms with Crippen molar-refractivity contribution in [2.75, 3.05) is 36.8 Å². The first-order valence-electron chi connectivity index (χ1n) is 27.2. The van der Waals surface area contributed by atoms with E-state index in [1.807, 2.05) is 65.3 Å². The number of piperidine rings is 2. The largest absolute Gasteiger partial charge is 0.445 e. The fraction of sp³-hybridized carbons (Fsp3) is 0.433. The Bertz CT molecular complexity index is 2990. The van der Waals surface area contributed by atoms with Crippen LogP contribution in [0.1, 0.15) is 126 Å². The summed E-state index contributed by atoms with van der Waals surface area (Å²) >= 11 is 0. The zero-order valence-corrected chi connectivity index (χ0v) is 45.1. The van der Waals surface area contributed by atoms with E-state index in [-0.39, 0.29) is 34.4 Å². The number of ether oxygens (including phenoxy) is 1. The van der Waals surface area contributed by atoms with Crippen molar-refractivity contribution in [3.05, 3.63) is 167 Å². The third-order valence-corrected chi connectivity index (χ3v) is 15.7. The third-order valence-electron chi connectivity index (χ3n) is 15.7. The molecule has 2 saturated carbocycles. The number of aliphatic hydroxyl groups is 1. The summed E-state index contributed by atoms with van der Waals surface area (Å²) in [5, 5.41) is 33.6. The zero-order chi connectivity index (χ0) is 55.2. The highest BCUT2D eigenvalue weighted by Gasteiger charge is 2.45. The van der Waals surface area contributed by atoms with Gasteiger partial charge in [-0.15, -0.1) is 0 Å². The number of H-pyrrole nitrogens is 1. The molecule has 0 spiro atoms. The minimum Gasteiger partial charge on any atom is -0.445 e. The quantitative estimate of drug-likeness (QED) is 0.0545. The average molecular weight is 1070 g/mol. The van der Waals surface area contributed by atoms with E-state index < -0.39 is 47.7 Å². The zero-order valence-electron chi connectivity index (χ0n) is 45.1. The summed E-state index contributed by atoms with van der Waals surface area (Å²) in [6.45, 7) is 13.5. The molecule has 2 saturated heterocycles. The number of aliphatic hydroxyl groups excluding tert-OH is 1. The molecule has 10 rings (SSSR count). The van der Waals surface area contributed by atoms with Gasteiger partial charge < -0.3 is 40.9 Å². The van der Waals surface area contributed by atoms with Crippen LogP contribution in [-0.2, 0) is 42.1 Å². The Morgan fingerprint density at radius 3 is 1.72 bits per heavy atom. The molecule has 4 heterocycles. The van der Waals surface area contributed by atoms with Gasteiger partial charge in [0.2, 0.25) is 11.8 Å². The van der Waals surface area contributed by atoms with Gasteiger partial charge in [-0.3, -0.25) is 19.5 Å². The maximum Gasteiger partial charge on any atom is 0.408 e. The predicted molar refractivity (Wildman–Crippen MR) is 293 cm³/mol. The topological polar surface area (TPSA) is 199 Å². The number of rotatable bonds is 16. The maximum atomic E-state index is 13.5. The molecule has 3 atom stereocenters. The molecule has 412 valence electrons. The third kappa shape index (κ3) is 13.2. The van der Waals surface area contributed by atoms with Gasteiger partial charge in [0, 0.05) is 46.8 Å². The van der Waals surface area contributed by atoms with Crippen molar-refractivity contribution in [2.24, 2.45) is 0 Å². The van der Waals surface area contributed by atoms with Crippen LogP contribution >= 0.6 is 0 Å². The lowest BCUT2D eigenvalue weighted by atomic mass is 9.70. The number of hydrogen-bond donors (Lipinski definition) is 6. The summed E-state index contributed by atoms with van der Waals surface area (Å²) < 4.78 is 34.1. The van der Waals surface area contributed by atoms with Gasteiger partial charge in [-0.1, -0.05) is 91.0 Å². The molecular weight excluding hydrogens is 995 g/mol.